The summed E-state index contributed by atoms with van der Waals surface area (Å²) in [4.78, 5) is 8.00. The highest BCUT2D eigenvalue weighted by molar-refractivity contribution is 5.75. The van der Waals surface area contributed by atoms with E-state index in [1.54, 1.807) is 0 Å². The fourth-order valence-corrected chi connectivity index (χ4v) is 1.10. The third kappa shape index (κ3) is 1.39. The predicted octanol–water partition coefficient (Wildman–Crippen LogP) is -0.806. The molecule has 0 unspecified atom stereocenters. The Morgan fingerprint density at radius 2 is 1.55 bits per heavy atom. The molecule has 0 saturated carbocycles. The molecule has 0 aliphatic carbocycles. The van der Waals surface area contributed by atoms with Gasteiger partial charge < -0.3 is 0 Å². The second-order valence-electron chi connectivity index (χ2n) is 2.58. The molecule has 4 heteroatoms. The van der Waals surface area contributed by atoms with E-state index in [9.17, 15) is 0 Å². The van der Waals surface area contributed by atoms with Crippen LogP contribution in [0.2, 0.25) is 0 Å². The Kier molecular flexibility index (Phi) is 1.59. The first-order chi connectivity index (χ1) is 5.45. The molecule has 2 heterocycles. The lowest BCUT2D eigenvalue weighted by atomic mass is 10.6. The zero-order valence-corrected chi connectivity index (χ0v) is 6.22. The van der Waals surface area contributed by atoms with Crippen LogP contribution in [-0.2, 0) is 0 Å². The number of aliphatic imine (C=N–C) groups is 2. The lowest BCUT2D eigenvalue weighted by Gasteiger charge is -1.97. The minimum atomic E-state index is 0.889. The molecule has 2 aliphatic rings. The van der Waals surface area contributed by atoms with Gasteiger partial charge in [0.05, 0.1) is 0 Å². The van der Waals surface area contributed by atoms with Gasteiger partial charge >= 0.3 is 0 Å². The summed E-state index contributed by atoms with van der Waals surface area (Å²) in [6.07, 6.45) is 7.51. The van der Waals surface area contributed by atoms with E-state index in [1.165, 1.54) is 0 Å². The predicted molar refractivity (Wildman–Crippen MR) is 44.2 cm³/mol. The van der Waals surface area contributed by atoms with Crippen molar-refractivity contribution in [3.63, 3.8) is 0 Å². The Labute approximate surface area is 64.9 Å². The average Bonchev–Trinajstić information content (AvgIpc) is 2.60. The molecule has 0 radical (unpaired) electrons. The molecule has 56 valence electrons. The zero-order chi connectivity index (χ0) is 7.52. The quantitative estimate of drug-likeness (QED) is 0.461. The monoisotopic (exact) mass is 150 g/mol. The summed E-state index contributed by atoms with van der Waals surface area (Å²) in [7, 11) is 0. The highest BCUT2D eigenvalue weighted by atomic mass is 15.2. The van der Waals surface area contributed by atoms with Gasteiger partial charge in [0.25, 0.3) is 12.7 Å². The largest absolute Gasteiger partial charge is 0.284 e. The van der Waals surface area contributed by atoms with Crippen molar-refractivity contribution in [3.8, 4) is 0 Å². The van der Waals surface area contributed by atoms with Gasteiger partial charge in [-0.05, 0) is 0 Å². The van der Waals surface area contributed by atoms with E-state index >= 15 is 0 Å². The van der Waals surface area contributed by atoms with Crippen LogP contribution < -0.4 is 0 Å². The molecule has 2 rings (SSSR count). The smallest absolute Gasteiger partial charge is 0.220 e. The molecule has 0 aromatic carbocycles. The molecular formula is C7H10N4+2. The van der Waals surface area contributed by atoms with Crippen LogP contribution in [0.4, 0.5) is 0 Å². The summed E-state index contributed by atoms with van der Waals surface area (Å²) in [5, 5.41) is 0. The maximum atomic E-state index is 4.00. The van der Waals surface area contributed by atoms with Crippen LogP contribution in [0.25, 0.3) is 0 Å². The summed E-state index contributed by atoms with van der Waals surface area (Å²) in [5.41, 5.74) is 0. The van der Waals surface area contributed by atoms with E-state index in [2.05, 4.69) is 19.1 Å². The summed E-state index contributed by atoms with van der Waals surface area (Å²) >= 11 is 0. The van der Waals surface area contributed by atoms with Crippen molar-refractivity contribution in [1.29, 1.82) is 0 Å². The van der Waals surface area contributed by atoms with Crippen molar-refractivity contribution in [2.75, 3.05) is 19.8 Å². The Balaban J connectivity index is 1.91. The Morgan fingerprint density at radius 3 is 1.91 bits per heavy atom. The fraction of sp³-hybridized carbons (Fsp3) is 0.429. The Hall–Kier alpha value is -1.32. The third-order valence-electron chi connectivity index (χ3n) is 1.67. The third-order valence-corrected chi connectivity index (χ3v) is 1.67. The average molecular weight is 150 g/mol. The molecule has 0 aromatic rings. The first-order valence-corrected chi connectivity index (χ1v) is 3.63. The van der Waals surface area contributed by atoms with Crippen LogP contribution in [0.3, 0.4) is 0 Å². The lowest BCUT2D eigenvalue weighted by molar-refractivity contribution is -0.710. The van der Waals surface area contributed by atoms with Gasteiger partial charge in [-0.3, -0.25) is 0 Å². The fourth-order valence-electron chi connectivity index (χ4n) is 1.10. The van der Waals surface area contributed by atoms with Crippen LogP contribution in [0.15, 0.2) is 9.98 Å². The molecule has 0 saturated heterocycles. The molecule has 0 N–H and O–H groups in total. The summed E-state index contributed by atoms with van der Waals surface area (Å²) in [6.45, 7) is 2.73. The van der Waals surface area contributed by atoms with Gasteiger partial charge in [-0.1, -0.05) is 9.98 Å². The maximum absolute atomic E-state index is 4.00. The first kappa shape index (κ1) is 6.39. The van der Waals surface area contributed by atoms with Crippen molar-refractivity contribution in [2.24, 2.45) is 9.98 Å². The second kappa shape index (κ2) is 2.74. The molecule has 0 spiro atoms. The molecule has 0 bridgehead atoms. The van der Waals surface area contributed by atoms with Crippen molar-refractivity contribution in [3.05, 3.63) is 0 Å². The minimum absolute atomic E-state index is 0.889. The van der Waals surface area contributed by atoms with Crippen molar-refractivity contribution in [1.82, 2.24) is 0 Å². The molecule has 2 aliphatic heterocycles. The summed E-state index contributed by atoms with van der Waals surface area (Å²) in [6, 6.07) is 0. The topological polar surface area (TPSA) is 30.7 Å². The first-order valence-electron chi connectivity index (χ1n) is 3.63. The zero-order valence-electron chi connectivity index (χ0n) is 6.22. The normalized spacial score (nSPS) is 20.7. The van der Waals surface area contributed by atoms with E-state index in [-0.39, 0.29) is 0 Å². The number of hydrogen-bond acceptors (Lipinski definition) is 2. The van der Waals surface area contributed by atoms with E-state index in [0.29, 0.717) is 0 Å². The van der Waals surface area contributed by atoms with Crippen LogP contribution in [0.1, 0.15) is 0 Å². The number of hydrogen-bond donors (Lipinski definition) is 0. The van der Waals surface area contributed by atoms with Crippen LogP contribution in [-0.4, -0.2) is 54.0 Å². The number of nitrogens with zero attached hydrogens (tertiary/aromatic N) is 4. The second-order valence-corrected chi connectivity index (χ2v) is 2.58. The van der Waals surface area contributed by atoms with Crippen molar-refractivity contribution in [2.45, 2.75) is 0 Å². The van der Waals surface area contributed by atoms with Crippen LogP contribution in [0.5, 0.6) is 0 Å². The molecule has 0 atom stereocenters. The van der Waals surface area contributed by atoms with E-state index in [1.807, 2.05) is 25.1 Å². The Bertz CT molecular complexity index is 244. The Morgan fingerprint density at radius 1 is 1.00 bits per heavy atom. The molecule has 0 amide bonds. The summed E-state index contributed by atoms with van der Waals surface area (Å²) in [5.74, 6) is 0. The van der Waals surface area contributed by atoms with Crippen LogP contribution in [0, 0.1) is 0 Å². The minimum Gasteiger partial charge on any atom is -0.220 e. The molecule has 4 nitrogen and oxygen atoms in total. The van der Waals surface area contributed by atoms with E-state index in [0.717, 1.165) is 19.8 Å². The SMILES string of the molecule is C1=NC=[N+](C[N+]2=CN=CC2)C1. The molecule has 0 fully saturated rings. The van der Waals surface area contributed by atoms with Gasteiger partial charge in [0.2, 0.25) is 6.67 Å². The van der Waals surface area contributed by atoms with E-state index < -0.39 is 0 Å². The highest BCUT2D eigenvalue weighted by Gasteiger charge is 2.12. The highest BCUT2D eigenvalue weighted by Crippen LogP contribution is 1.85. The maximum Gasteiger partial charge on any atom is 0.284 e. The molecule has 11 heavy (non-hydrogen) atoms. The van der Waals surface area contributed by atoms with Gasteiger partial charge in [-0.2, -0.15) is 0 Å². The summed E-state index contributed by atoms with van der Waals surface area (Å²) < 4.78 is 4.26. The van der Waals surface area contributed by atoms with Gasteiger partial charge in [0, 0.05) is 0 Å². The van der Waals surface area contributed by atoms with Crippen molar-refractivity contribution >= 4 is 25.1 Å². The van der Waals surface area contributed by atoms with E-state index in [4.69, 9.17) is 0 Å². The van der Waals surface area contributed by atoms with Gasteiger partial charge in [-0.15, -0.1) is 0 Å². The lowest BCUT2D eigenvalue weighted by Crippen LogP contribution is -2.24. The van der Waals surface area contributed by atoms with Gasteiger partial charge in [-0.25, -0.2) is 9.15 Å². The standard InChI is InChI=1S/C7H10N4/c1-3-10(5-8-1)7-11-4-2-9-6-11/h1-2,5-6H,3-4,7H2/q+2. The number of rotatable bonds is 2. The van der Waals surface area contributed by atoms with Crippen molar-refractivity contribution < 1.29 is 9.15 Å². The van der Waals surface area contributed by atoms with Crippen LogP contribution >= 0.6 is 0 Å². The van der Waals surface area contributed by atoms with Gasteiger partial charge in [0.15, 0.2) is 12.4 Å². The molecule has 0 aromatic heterocycles. The van der Waals surface area contributed by atoms with Gasteiger partial charge in [0.1, 0.15) is 13.1 Å². The molecular weight excluding hydrogens is 140 g/mol.